The molecule has 1 heterocycles. The molecule has 0 aliphatic heterocycles. The van der Waals surface area contributed by atoms with Gasteiger partial charge in [0.25, 0.3) is 0 Å². The molecule has 0 atom stereocenters. The average molecular weight is 319 g/mol. The van der Waals surface area contributed by atoms with Crippen molar-refractivity contribution in [3.8, 4) is 0 Å². The van der Waals surface area contributed by atoms with Gasteiger partial charge in [0.05, 0.1) is 0 Å². The molecule has 3 nitrogen and oxygen atoms in total. The maximum absolute atomic E-state index is 5.99. The van der Waals surface area contributed by atoms with E-state index in [0.717, 1.165) is 41.6 Å². The molecule has 0 saturated carbocycles. The van der Waals surface area contributed by atoms with E-state index in [2.05, 4.69) is 29.8 Å². The largest absolute Gasteiger partial charge is 0.399 e. The van der Waals surface area contributed by atoms with Crippen LogP contribution in [0.3, 0.4) is 0 Å². The van der Waals surface area contributed by atoms with E-state index in [1.165, 1.54) is 5.57 Å². The number of aryl methyl sites for hydroxylation is 1. The summed E-state index contributed by atoms with van der Waals surface area (Å²) in [5, 5.41) is 0. The molecule has 0 saturated heterocycles. The molecule has 3 heteroatoms. The van der Waals surface area contributed by atoms with Gasteiger partial charge < -0.3 is 11.5 Å². The van der Waals surface area contributed by atoms with Crippen molar-refractivity contribution in [2.75, 3.05) is 11.5 Å². The van der Waals surface area contributed by atoms with Gasteiger partial charge in [0.2, 0.25) is 0 Å². The molecule has 24 heavy (non-hydrogen) atoms. The molecule has 2 aromatic rings. The summed E-state index contributed by atoms with van der Waals surface area (Å²) in [5.41, 5.74) is 17.7. The van der Waals surface area contributed by atoms with Crippen molar-refractivity contribution in [1.82, 2.24) is 4.98 Å². The summed E-state index contributed by atoms with van der Waals surface area (Å²) in [6, 6.07) is 9.68. The smallest absolute Gasteiger partial charge is 0.0367 e. The van der Waals surface area contributed by atoms with Crippen molar-refractivity contribution in [2.24, 2.45) is 0 Å². The van der Waals surface area contributed by atoms with Gasteiger partial charge in [0.15, 0.2) is 0 Å². The summed E-state index contributed by atoms with van der Waals surface area (Å²) in [6.45, 7) is 6.22. The van der Waals surface area contributed by atoms with Gasteiger partial charge in [0.1, 0.15) is 0 Å². The topological polar surface area (TPSA) is 64.9 Å². The van der Waals surface area contributed by atoms with Gasteiger partial charge in [-0.15, -0.1) is 0 Å². The minimum Gasteiger partial charge on any atom is -0.399 e. The molecule has 4 N–H and O–H groups in total. The lowest BCUT2D eigenvalue weighted by Gasteiger charge is -2.07. The highest BCUT2D eigenvalue weighted by molar-refractivity contribution is 5.65. The SMILES string of the molecule is C=C(CC(/C=C\CCc1ccc(N)cc1N)=C/C)c1cccnc1. The molecule has 0 amide bonds. The first-order valence-electron chi connectivity index (χ1n) is 8.14. The molecule has 1 aromatic heterocycles. The van der Waals surface area contributed by atoms with Crippen LogP contribution in [-0.4, -0.2) is 4.98 Å². The normalized spacial score (nSPS) is 11.8. The van der Waals surface area contributed by atoms with Gasteiger partial charge in [-0.1, -0.05) is 36.9 Å². The third kappa shape index (κ3) is 5.13. The van der Waals surface area contributed by atoms with Crippen LogP contribution in [0.2, 0.25) is 0 Å². The average Bonchev–Trinajstić information content (AvgIpc) is 2.59. The van der Waals surface area contributed by atoms with Crippen LogP contribution in [-0.2, 0) is 6.42 Å². The van der Waals surface area contributed by atoms with E-state index in [1.807, 2.05) is 43.5 Å². The van der Waals surface area contributed by atoms with Crippen molar-refractivity contribution in [3.63, 3.8) is 0 Å². The van der Waals surface area contributed by atoms with Crippen LogP contribution < -0.4 is 11.5 Å². The van der Waals surface area contributed by atoms with E-state index >= 15 is 0 Å². The third-order valence-corrected chi connectivity index (χ3v) is 3.94. The van der Waals surface area contributed by atoms with Gasteiger partial charge in [-0.25, -0.2) is 0 Å². The zero-order chi connectivity index (χ0) is 17.4. The van der Waals surface area contributed by atoms with Crippen LogP contribution in [0.1, 0.15) is 30.9 Å². The van der Waals surface area contributed by atoms with Crippen molar-refractivity contribution in [2.45, 2.75) is 26.2 Å². The quantitative estimate of drug-likeness (QED) is 0.570. The summed E-state index contributed by atoms with van der Waals surface area (Å²) < 4.78 is 0. The Morgan fingerprint density at radius 3 is 2.75 bits per heavy atom. The van der Waals surface area contributed by atoms with Crippen molar-refractivity contribution < 1.29 is 0 Å². The Bertz CT molecular complexity index is 743. The number of nitrogen functional groups attached to an aromatic ring is 2. The lowest BCUT2D eigenvalue weighted by Crippen LogP contribution is -1.96. The highest BCUT2D eigenvalue weighted by Crippen LogP contribution is 2.21. The predicted octanol–water partition coefficient (Wildman–Crippen LogP) is 4.78. The number of nitrogens with zero attached hydrogens (tertiary/aromatic N) is 1. The minimum absolute atomic E-state index is 0.705. The van der Waals surface area contributed by atoms with E-state index < -0.39 is 0 Å². The number of rotatable bonds is 7. The number of benzene rings is 1. The summed E-state index contributed by atoms with van der Waals surface area (Å²) >= 11 is 0. The van der Waals surface area contributed by atoms with Crippen molar-refractivity contribution >= 4 is 16.9 Å². The molecule has 0 unspecified atom stereocenters. The summed E-state index contributed by atoms with van der Waals surface area (Å²) in [7, 11) is 0. The van der Waals surface area contributed by atoms with Crippen LogP contribution in [0.4, 0.5) is 11.4 Å². The maximum atomic E-state index is 5.99. The summed E-state index contributed by atoms with van der Waals surface area (Å²) in [6.07, 6.45) is 12.8. The zero-order valence-corrected chi connectivity index (χ0v) is 14.2. The number of allylic oxidation sites excluding steroid dienone is 5. The lowest BCUT2D eigenvalue weighted by atomic mass is 10.00. The molecule has 2 rings (SSSR count). The molecule has 0 spiro atoms. The Labute approximate surface area is 144 Å². The molecule has 0 bridgehead atoms. The second-order valence-electron chi connectivity index (χ2n) is 5.78. The molecule has 0 fully saturated rings. The number of pyridine rings is 1. The Hall–Kier alpha value is -2.81. The van der Waals surface area contributed by atoms with Crippen molar-refractivity contribution in [3.05, 3.63) is 84.2 Å². The standard InChI is InChI=1S/C21H25N3/c1-3-17(13-16(2)19-9-6-12-24-15-19)7-4-5-8-18-10-11-20(22)14-21(18)23/h3-4,6-7,9-12,14-15H,2,5,8,13,22-23H2,1H3/b7-4-,17-3+. The Morgan fingerprint density at radius 2 is 2.08 bits per heavy atom. The highest BCUT2D eigenvalue weighted by atomic mass is 14.6. The first-order chi connectivity index (χ1) is 11.6. The molecule has 0 aliphatic carbocycles. The van der Waals surface area contributed by atoms with Crippen LogP contribution >= 0.6 is 0 Å². The van der Waals surface area contributed by atoms with Gasteiger partial charge >= 0.3 is 0 Å². The first kappa shape index (κ1) is 17.5. The van der Waals surface area contributed by atoms with E-state index in [9.17, 15) is 0 Å². The molecule has 0 radical (unpaired) electrons. The molecule has 0 aliphatic rings. The first-order valence-corrected chi connectivity index (χ1v) is 8.14. The fourth-order valence-corrected chi connectivity index (χ4v) is 2.49. The minimum atomic E-state index is 0.705. The third-order valence-electron chi connectivity index (χ3n) is 3.94. The van der Waals surface area contributed by atoms with Crippen LogP contribution in [0.15, 0.2) is 73.1 Å². The Morgan fingerprint density at radius 1 is 1.25 bits per heavy atom. The molecule has 1 aromatic carbocycles. The summed E-state index contributed by atoms with van der Waals surface area (Å²) in [4.78, 5) is 4.14. The van der Waals surface area contributed by atoms with Crippen LogP contribution in [0.25, 0.3) is 5.57 Å². The number of hydrogen-bond acceptors (Lipinski definition) is 3. The van der Waals surface area contributed by atoms with Gasteiger partial charge in [-0.2, -0.15) is 0 Å². The fraction of sp³-hybridized carbons (Fsp3) is 0.190. The van der Waals surface area contributed by atoms with Gasteiger partial charge in [-0.05, 0) is 66.7 Å². The van der Waals surface area contributed by atoms with Gasteiger partial charge in [0, 0.05) is 23.8 Å². The molecular weight excluding hydrogens is 294 g/mol. The predicted molar refractivity (Wildman–Crippen MR) is 104 cm³/mol. The summed E-state index contributed by atoms with van der Waals surface area (Å²) in [5.74, 6) is 0. The van der Waals surface area contributed by atoms with Crippen LogP contribution in [0.5, 0.6) is 0 Å². The molecule has 124 valence electrons. The van der Waals surface area contributed by atoms with E-state index in [-0.39, 0.29) is 0 Å². The second-order valence-corrected chi connectivity index (χ2v) is 5.78. The van der Waals surface area contributed by atoms with Crippen molar-refractivity contribution in [1.29, 1.82) is 0 Å². The lowest BCUT2D eigenvalue weighted by molar-refractivity contribution is 1.00. The monoisotopic (exact) mass is 319 g/mol. The fourth-order valence-electron chi connectivity index (χ4n) is 2.49. The second kappa shape index (κ2) is 8.73. The number of anilines is 2. The maximum Gasteiger partial charge on any atom is 0.0367 e. The Kier molecular flexibility index (Phi) is 6.38. The number of aromatic nitrogens is 1. The van der Waals surface area contributed by atoms with Gasteiger partial charge in [-0.3, -0.25) is 4.98 Å². The number of nitrogens with two attached hydrogens (primary N) is 2. The van der Waals surface area contributed by atoms with E-state index in [1.54, 1.807) is 6.20 Å². The van der Waals surface area contributed by atoms with E-state index in [4.69, 9.17) is 11.5 Å². The highest BCUT2D eigenvalue weighted by Gasteiger charge is 2.01. The zero-order valence-electron chi connectivity index (χ0n) is 14.2. The molecular formula is C21H25N3. The number of hydrogen-bond donors (Lipinski definition) is 2. The Balaban J connectivity index is 1.88. The van der Waals surface area contributed by atoms with E-state index in [0.29, 0.717) is 5.69 Å². The van der Waals surface area contributed by atoms with Crippen LogP contribution in [0, 0.1) is 0 Å².